The monoisotopic (exact) mass is 343 g/mol. The Morgan fingerprint density at radius 3 is 2.85 bits per heavy atom. The third-order valence-electron chi connectivity index (χ3n) is 4.47. The largest absolute Gasteiger partial charge is 0.398 e. The van der Waals surface area contributed by atoms with E-state index in [-0.39, 0.29) is 0 Å². The van der Waals surface area contributed by atoms with Crippen molar-refractivity contribution in [3.8, 4) is 11.3 Å². The molecule has 1 aliphatic carbocycles. The highest BCUT2D eigenvalue weighted by Crippen LogP contribution is 2.35. The smallest absolute Gasteiger partial charge is 0.227 e. The van der Waals surface area contributed by atoms with E-state index >= 15 is 0 Å². The van der Waals surface area contributed by atoms with Gasteiger partial charge in [-0.25, -0.2) is 9.97 Å². The number of rotatable bonds is 4. The molecule has 7 heteroatoms. The molecule has 1 fully saturated rings. The second-order valence-electron chi connectivity index (χ2n) is 6.47. The van der Waals surface area contributed by atoms with Crippen molar-refractivity contribution in [1.82, 2.24) is 24.7 Å². The minimum atomic E-state index is 0.519. The molecule has 0 bridgehead atoms. The molecule has 5 rings (SSSR count). The van der Waals surface area contributed by atoms with Crippen molar-refractivity contribution in [3.63, 3.8) is 0 Å². The fraction of sp³-hybridized carbons (Fsp3) is 0.158. The topological polar surface area (TPSA) is 94.5 Å². The van der Waals surface area contributed by atoms with Crippen LogP contribution in [0.2, 0.25) is 0 Å². The lowest BCUT2D eigenvalue weighted by atomic mass is 10.1. The van der Waals surface area contributed by atoms with E-state index in [0.29, 0.717) is 17.7 Å². The van der Waals surface area contributed by atoms with Gasteiger partial charge in [0.1, 0.15) is 0 Å². The molecule has 3 heterocycles. The summed E-state index contributed by atoms with van der Waals surface area (Å²) in [5.74, 6) is 0.519. The van der Waals surface area contributed by atoms with Crippen molar-refractivity contribution in [2.45, 2.75) is 18.9 Å². The first-order valence-electron chi connectivity index (χ1n) is 8.55. The van der Waals surface area contributed by atoms with Crippen LogP contribution < -0.4 is 11.1 Å². The van der Waals surface area contributed by atoms with Crippen LogP contribution in [0.5, 0.6) is 0 Å². The number of nitrogens with two attached hydrogens (primary N) is 1. The molecular formula is C19H17N7. The van der Waals surface area contributed by atoms with E-state index in [1.165, 1.54) is 12.8 Å². The molecule has 4 aromatic rings. The Labute approximate surface area is 149 Å². The maximum atomic E-state index is 6.20. The van der Waals surface area contributed by atoms with Crippen molar-refractivity contribution >= 4 is 28.2 Å². The molecule has 0 unspecified atom stereocenters. The van der Waals surface area contributed by atoms with Gasteiger partial charge in [0.2, 0.25) is 5.95 Å². The summed E-state index contributed by atoms with van der Waals surface area (Å²) >= 11 is 0. The number of nitrogens with one attached hydrogen (secondary N) is 1. The highest BCUT2D eigenvalue weighted by Gasteiger charge is 2.24. The molecular weight excluding hydrogens is 326 g/mol. The van der Waals surface area contributed by atoms with Crippen molar-refractivity contribution < 1.29 is 0 Å². The fourth-order valence-corrected chi connectivity index (χ4v) is 2.97. The molecule has 1 saturated carbocycles. The van der Waals surface area contributed by atoms with Gasteiger partial charge in [0.15, 0.2) is 0 Å². The first-order valence-corrected chi connectivity index (χ1v) is 8.55. The molecule has 0 atom stereocenters. The Hall–Kier alpha value is -3.48. The quantitative estimate of drug-likeness (QED) is 0.550. The van der Waals surface area contributed by atoms with Gasteiger partial charge in [-0.2, -0.15) is 5.10 Å². The molecule has 0 amide bonds. The van der Waals surface area contributed by atoms with Crippen LogP contribution in [0.15, 0.2) is 55.1 Å². The number of aromatic nitrogens is 5. The zero-order valence-electron chi connectivity index (χ0n) is 14.0. The summed E-state index contributed by atoms with van der Waals surface area (Å²) in [5, 5.41) is 8.41. The first kappa shape index (κ1) is 14.8. The molecule has 3 N–H and O–H groups in total. The molecule has 26 heavy (non-hydrogen) atoms. The van der Waals surface area contributed by atoms with E-state index in [0.717, 1.165) is 27.8 Å². The lowest BCUT2D eigenvalue weighted by molar-refractivity contribution is 0.642. The van der Waals surface area contributed by atoms with E-state index < -0.39 is 0 Å². The van der Waals surface area contributed by atoms with Gasteiger partial charge < -0.3 is 11.1 Å². The highest BCUT2D eigenvalue weighted by molar-refractivity contribution is 5.94. The average molecular weight is 343 g/mol. The molecule has 0 aliphatic heterocycles. The minimum Gasteiger partial charge on any atom is -0.398 e. The molecule has 0 spiro atoms. The normalized spacial score (nSPS) is 13.8. The van der Waals surface area contributed by atoms with Gasteiger partial charge in [-0.3, -0.25) is 9.67 Å². The van der Waals surface area contributed by atoms with E-state index in [2.05, 4.69) is 25.4 Å². The van der Waals surface area contributed by atoms with Crippen LogP contribution in [0.1, 0.15) is 18.9 Å². The number of hydrogen-bond acceptors (Lipinski definition) is 6. The number of nitrogen functional groups attached to an aromatic ring is 1. The van der Waals surface area contributed by atoms with E-state index in [1.807, 2.05) is 41.2 Å². The summed E-state index contributed by atoms with van der Waals surface area (Å²) in [6, 6.07) is 10.2. The van der Waals surface area contributed by atoms with E-state index in [9.17, 15) is 0 Å². The summed E-state index contributed by atoms with van der Waals surface area (Å²) in [7, 11) is 0. The molecule has 128 valence electrons. The number of anilines is 3. The standard InChI is InChI=1S/C19H17N7/c20-16-7-12(17-3-1-2-6-21-17)8-18-15(16)10-22-19(25-18)24-13-9-23-26(11-13)14-4-5-14/h1-3,6-11,14H,4-5,20H2,(H,22,24,25). The third kappa shape index (κ3) is 2.73. The summed E-state index contributed by atoms with van der Waals surface area (Å²) in [6.45, 7) is 0. The third-order valence-corrected chi connectivity index (χ3v) is 4.47. The maximum Gasteiger partial charge on any atom is 0.227 e. The van der Waals surface area contributed by atoms with Gasteiger partial charge in [-0.05, 0) is 37.1 Å². The van der Waals surface area contributed by atoms with Gasteiger partial charge in [-0.15, -0.1) is 0 Å². The van der Waals surface area contributed by atoms with Crippen LogP contribution in [0.25, 0.3) is 22.2 Å². The molecule has 7 nitrogen and oxygen atoms in total. The highest BCUT2D eigenvalue weighted by atomic mass is 15.3. The van der Waals surface area contributed by atoms with Crippen molar-refractivity contribution in [3.05, 3.63) is 55.1 Å². The average Bonchev–Trinajstić information content (AvgIpc) is 3.42. The number of fused-ring (bicyclic) bond motifs is 1. The second-order valence-corrected chi connectivity index (χ2v) is 6.47. The fourth-order valence-electron chi connectivity index (χ4n) is 2.97. The number of nitrogens with zero attached hydrogens (tertiary/aromatic N) is 5. The van der Waals surface area contributed by atoms with E-state index in [4.69, 9.17) is 5.73 Å². The SMILES string of the molecule is Nc1cc(-c2ccccn2)cc2nc(Nc3cnn(C4CC4)c3)ncc12. The van der Waals surface area contributed by atoms with Gasteiger partial charge >= 0.3 is 0 Å². The Morgan fingerprint density at radius 2 is 2.04 bits per heavy atom. The van der Waals surface area contributed by atoms with Gasteiger partial charge in [0, 0.05) is 35.2 Å². The molecule has 0 radical (unpaired) electrons. The Bertz CT molecular complexity index is 1080. The lowest BCUT2D eigenvalue weighted by Crippen LogP contribution is -1.99. The summed E-state index contributed by atoms with van der Waals surface area (Å²) < 4.78 is 1.99. The van der Waals surface area contributed by atoms with Crippen LogP contribution in [0, 0.1) is 0 Å². The van der Waals surface area contributed by atoms with Crippen LogP contribution in [-0.2, 0) is 0 Å². The first-order chi connectivity index (χ1) is 12.8. The Balaban J connectivity index is 1.50. The van der Waals surface area contributed by atoms with Crippen molar-refractivity contribution in [2.75, 3.05) is 11.1 Å². The Morgan fingerprint density at radius 1 is 1.12 bits per heavy atom. The van der Waals surface area contributed by atoms with Crippen molar-refractivity contribution in [1.29, 1.82) is 0 Å². The van der Waals surface area contributed by atoms with Crippen molar-refractivity contribution in [2.24, 2.45) is 0 Å². The lowest BCUT2D eigenvalue weighted by Gasteiger charge is -2.08. The maximum absolute atomic E-state index is 6.20. The minimum absolute atomic E-state index is 0.519. The predicted molar refractivity (Wildman–Crippen MR) is 101 cm³/mol. The van der Waals surface area contributed by atoms with Crippen LogP contribution in [-0.4, -0.2) is 24.7 Å². The summed E-state index contributed by atoms with van der Waals surface area (Å²) in [6.07, 6.45) is 9.69. The number of hydrogen-bond donors (Lipinski definition) is 2. The van der Waals surface area contributed by atoms with Gasteiger partial charge in [-0.1, -0.05) is 6.07 Å². The number of benzene rings is 1. The van der Waals surface area contributed by atoms with Crippen LogP contribution in [0.3, 0.4) is 0 Å². The Kier molecular flexibility index (Phi) is 3.31. The molecule has 1 aromatic carbocycles. The zero-order valence-corrected chi connectivity index (χ0v) is 14.0. The molecule has 1 aliphatic rings. The van der Waals surface area contributed by atoms with E-state index in [1.54, 1.807) is 18.6 Å². The van der Waals surface area contributed by atoms with Gasteiger partial charge in [0.25, 0.3) is 0 Å². The van der Waals surface area contributed by atoms with Gasteiger partial charge in [0.05, 0.1) is 29.1 Å². The molecule has 3 aromatic heterocycles. The second kappa shape index (κ2) is 5.80. The predicted octanol–water partition coefficient (Wildman–Crippen LogP) is 3.55. The zero-order chi connectivity index (χ0) is 17.5. The van der Waals surface area contributed by atoms with Crippen LogP contribution in [0.4, 0.5) is 17.3 Å². The summed E-state index contributed by atoms with van der Waals surface area (Å²) in [5.41, 5.74) is 10.3. The number of pyridine rings is 1. The van der Waals surface area contributed by atoms with Crippen LogP contribution >= 0.6 is 0 Å². The molecule has 0 saturated heterocycles. The summed E-state index contributed by atoms with van der Waals surface area (Å²) in [4.78, 5) is 13.4.